The Bertz CT molecular complexity index is 396. The van der Waals surface area contributed by atoms with Crippen molar-refractivity contribution in [3.63, 3.8) is 0 Å². The first-order valence-electron chi connectivity index (χ1n) is 3.79. The van der Waals surface area contributed by atoms with Crippen molar-refractivity contribution in [1.82, 2.24) is 0 Å². The molecule has 1 aromatic carbocycles. The van der Waals surface area contributed by atoms with Crippen molar-refractivity contribution in [2.75, 3.05) is 0 Å². The zero-order valence-corrected chi connectivity index (χ0v) is 8.52. The van der Waals surface area contributed by atoms with Crippen LogP contribution in [0, 0.1) is 0 Å². The summed E-state index contributed by atoms with van der Waals surface area (Å²) in [6, 6.07) is 8.52. The quantitative estimate of drug-likeness (QED) is 0.650. The van der Waals surface area contributed by atoms with Gasteiger partial charge in [0.25, 0.3) is 10.1 Å². The number of carboxylic acid groups (broad SMARTS) is 1. The Morgan fingerprint density at radius 2 is 1.67 bits per heavy atom. The molecule has 84 valence electrons. The molecule has 0 spiro atoms. The summed E-state index contributed by atoms with van der Waals surface area (Å²) in [6.07, 6.45) is -1.33. The maximum atomic E-state index is 10.4. The van der Waals surface area contributed by atoms with Crippen LogP contribution >= 0.6 is 0 Å². The molecule has 0 heterocycles. The fourth-order valence-electron chi connectivity index (χ4n) is 0.785. The standard InChI is InChI=1S/C7H8O3S.CH3NO2/c8-11(9,10)6-7-4-2-1-3-5-7;2-1(3)4/h1-5H,6H2,(H,8,9,10);2H2,(H,3,4). The van der Waals surface area contributed by atoms with Gasteiger partial charge in [-0.3, -0.25) is 4.55 Å². The minimum atomic E-state index is -3.88. The summed E-state index contributed by atoms with van der Waals surface area (Å²) in [7, 11) is -3.88. The van der Waals surface area contributed by atoms with Crippen LogP contribution in [0.15, 0.2) is 30.3 Å². The molecule has 0 aliphatic carbocycles. The maximum Gasteiger partial charge on any atom is 0.402 e. The monoisotopic (exact) mass is 233 g/mol. The van der Waals surface area contributed by atoms with Crippen LogP contribution < -0.4 is 5.73 Å². The summed E-state index contributed by atoms with van der Waals surface area (Å²) < 4.78 is 29.2. The van der Waals surface area contributed by atoms with E-state index >= 15 is 0 Å². The minimum Gasteiger partial charge on any atom is -0.465 e. The zero-order chi connectivity index (χ0) is 11.9. The molecule has 0 bridgehead atoms. The summed E-state index contributed by atoms with van der Waals surface area (Å²) in [5.41, 5.74) is 4.62. The molecule has 1 rings (SSSR count). The van der Waals surface area contributed by atoms with Crippen LogP contribution in [-0.2, 0) is 15.9 Å². The molecular weight excluding hydrogens is 222 g/mol. The second kappa shape index (κ2) is 5.99. The normalized spacial score (nSPS) is 9.93. The Kier molecular flexibility index (Phi) is 5.35. The first-order chi connectivity index (χ1) is 6.81. The van der Waals surface area contributed by atoms with Crippen molar-refractivity contribution in [2.45, 2.75) is 5.75 Å². The van der Waals surface area contributed by atoms with Gasteiger partial charge in [-0.25, -0.2) is 4.79 Å². The van der Waals surface area contributed by atoms with Gasteiger partial charge in [0.2, 0.25) is 0 Å². The number of primary amides is 1. The first kappa shape index (κ1) is 13.4. The topological polar surface area (TPSA) is 118 Å². The van der Waals surface area contributed by atoms with Crippen molar-refractivity contribution in [3.8, 4) is 0 Å². The van der Waals surface area contributed by atoms with Crippen LogP contribution in [0.4, 0.5) is 4.79 Å². The Morgan fingerprint density at radius 1 is 1.27 bits per heavy atom. The second-order valence-electron chi connectivity index (χ2n) is 2.55. The SMILES string of the molecule is NC(=O)O.O=S(=O)(O)Cc1ccccc1. The molecule has 0 radical (unpaired) electrons. The molecule has 15 heavy (non-hydrogen) atoms. The predicted octanol–water partition coefficient (Wildman–Crippen LogP) is 0.697. The van der Waals surface area contributed by atoms with E-state index in [1.54, 1.807) is 30.3 Å². The third kappa shape index (κ3) is 10.3. The Morgan fingerprint density at radius 3 is 2.00 bits per heavy atom. The number of hydrogen-bond acceptors (Lipinski definition) is 3. The lowest BCUT2D eigenvalue weighted by Gasteiger charge is -1.95. The lowest BCUT2D eigenvalue weighted by molar-refractivity contribution is 0.205. The molecule has 0 atom stereocenters. The predicted molar refractivity (Wildman–Crippen MR) is 53.9 cm³/mol. The summed E-state index contributed by atoms with van der Waals surface area (Å²) >= 11 is 0. The number of hydrogen-bond donors (Lipinski definition) is 3. The highest BCUT2D eigenvalue weighted by Crippen LogP contribution is 2.02. The number of benzene rings is 1. The Labute approximate surface area is 87.1 Å². The third-order valence-electron chi connectivity index (χ3n) is 1.19. The van der Waals surface area contributed by atoms with Crippen LogP contribution in [0.3, 0.4) is 0 Å². The fraction of sp³-hybridized carbons (Fsp3) is 0.125. The highest BCUT2D eigenvalue weighted by Gasteiger charge is 2.04. The van der Waals surface area contributed by atoms with Crippen molar-refractivity contribution in [1.29, 1.82) is 0 Å². The molecule has 1 amide bonds. The van der Waals surface area contributed by atoms with Gasteiger partial charge in [-0.1, -0.05) is 30.3 Å². The van der Waals surface area contributed by atoms with Crippen molar-refractivity contribution < 1.29 is 22.9 Å². The van der Waals surface area contributed by atoms with Crippen LogP contribution in [-0.4, -0.2) is 24.2 Å². The average Bonchev–Trinajstić information content (AvgIpc) is 2.01. The lowest BCUT2D eigenvalue weighted by Crippen LogP contribution is -2.03. The maximum absolute atomic E-state index is 10.4. The highest BCUT2D eigenvalue weighted by molar-refractivity contribution is 7.85. The molecule has 0 unspecified atom stereocenters. The van der Waals surface area contributed by atoms with Crippen LogP contribution in [0.5, 0.6) is 0 Å². The molecule has 0 aromatic heterocycles. The van der Waals surface area contributed by atoms with Gasteiger partial charge < -0.3 is 10.8 Å². The molecule has 0 fully saturated rings. The number of carbonyl (C=O) groups is 1. The molecule has 0 aliphatic rings. The van der Waals surface area contributed by atoms with Gasteiger partial charge in [0, 0.05) is 0 Å². The third-order valence-corrected chi connectivity index (χ3v) is 1.89. The van der Waals surface area contributed by atoms with E-state index in [2.05, 4.69) is 5.73 Å². The van der Waals surface area contributed by atoms with Crippen molar-refractivity contribution in [3.05, 3.63) is 35.9 Å². The smallest absolute Gasteiger partial charge is 0.402 e. The van der Waals surface area contributed by atoms with E-state index in [1.807, 2.05) is 0 Å². The molecule has 0 aliphatic heterocycles. The van der Waals surface area contributed by atoms with Gasteiger partial charge in [-0.15, -0.1) is 0 Å². The number of amides is 1. The van der Waals surface area contributed by atoms with E-state index < -0.39 is 16.2 Å². The zero-order valence-electron chi connectivity index (χ0n) is 7.70. The number of nitrogens with two attached hydrogens (primary N) is 1. The van der Waals surface area contributed by atoms with Crippen molar-refractivity contribution >= 4 is 16.2 Å². The largest absolute Gasteiger partial charge is 0.465 e. The average molecular weight is 233 g/mol. The number of rotatable bonds is 2. The molecule has 0 saturated heterocycles. The van der Waals surface area contributed by atoms with Gasteiger partial charge in [0.15, 0.2) is 0 Å². The van der Waals surface area contributed by atoms with E-state index in [9.17, 15) is 8.42 Å². The van der Waals surface area contributed by atoms with E-state index in [0.29, 0.717) is 5.56 Å². The van der Waals surface area contributed by atoms with Crippen LogP contribution in [0.1, 0.15) is 5.56 Å². The Hall–Kier alpha value is -1.60. The summed E-state index contributed by atoms with van der Waals surface area (Å²) in [5, 5.41) is 7.19. The van der Waals surface area contributed by atoms with Crippen molar-refractivity contribution in [2.24, 2.45) is 5.73 Å². The molecular formula is C8H11NO5S. The van der Waals surface area contributed by atoms with Gasteiger partial charge in [-0.2, -0.15) is 8.42 Å². The van der Waals surface area contributed by atoms with E-state index in [4.69, 9.17) is 14.5 Å². The van der Waals surface area contributed by atoms with E-state index in [1.165, 1.54) is 0 Å². The van der Waals surface area contributed by atoms with Gasteiger partial charge >= 0.3 is 6.09 Å². The minimum absolute atomic E-state index is 0.312. The van der Waals surface area contributed by atoms with Crippen LogP contribution in [0.2, 0.25) is 0 Å². The van der Waals surface area contributed by atoms with Gasteiger partial charge in [-0.05, 0) is 5.56 Å². The fourth-order valence-corrected chi connectivity index (χ4v) is 1.40. The Balaban J connectivity index is 0.000000423. The van der Waals surface area contributed by atoms with E-state index in [-0.39, 0.29) is 5.75 Å². The van der Waals surface area contributed by atoms with Gasteiger partial charge in [0.1, 0.15) is 5.75 Å². The second-order valence-corrected chi connectivity index (χ2v) is 4.00. The molecule has 1 aromatic rings. The van der Waals surface area contributed by atoms with E-state index in [0.717, 1.165) is 0 Å². The molecule has 7 heteroatoms. The molecule has 4 N–H and O–H groups in total. The van der Waals surface area contributed by atoms with Crippen LogP contribution in [0.25, 0.3) is 0 Å². The summed E-state index contributed by atoms with van der Waals surface area (Å²) in [6.45, 7) is 0. The molecule has 0 saturated carbocycles. The first-order valence-corrected chi connectivity index (χ1v) is 5.39. The van der Waals surface area contributed by atoms with Gasteiger partial charge in [0.05, 0.1) is 0 Å². The summed E-state index contributed by atoms with van der Waals surface area (Å²) in [5.74, 6) is -0.312. The lowest BCUT2D eigenvalue weighted by atomic mass is 10.2. The summed E-state index contributed by atoms with van der Waals surface area (Å²) in [4.78, 5) is 8.78. The molecule has 6 nitrogen and oxygen atoms in total. The highest BCUT2D eigenvalue weighted by atomic mass is 32.2.